The highest BCUT2D eigenvalue weighted by molar-refractivity contribution is 5.92. The zero-order chi connectivity index (χ0) is 14.7. The van der Waals surface area contributed by atoms with Crippen LogP contribution in [0.1, 0.15) is 12.2 Å². The molecule has 1 aromatic heterocycles. The maximum absolute atomic E-state index is 12.2. The molecule has 21 heavy (non-hydrogen) atoms. The van der Waals surface area contributed by atoms with Crippen molar-refractivity contribution in [1.29, 1.82) is 0 Å². The molecule has 1 fully saturated rings. The Balaban J connectivity index is 1.64. The van der Waals surface area contributed by atoms with Crippen LogP contribution in [-0.4, -0.2) is 37.5 Å². The van der Waals surface area contributed by atoms with E-state index >= 15 is 0 Å². The van der Waals surface area contributed by atoms with Crippen LogP contribution in [0.4, 0.5) is 0 Å². The summed E-state index contributed by atoms with van der Waals surface area (Å²) < 4.78 is 5.67. The van der Waals surface area contributed by atoms with Crippen LogP contribution in [0, 0.1) is 5.92 Å². The number of nitrogens with zero attached hydrogens (tertiary/aromatic N) is 1. The number of rotatable bonds is 4. The SMILES string of the molecule is CNCC1CCN(C(=O)C=Cc2cc3ccccc3o2)C1. The van der Waals surface area contributed by atoms with E-state index in [9.17, 15) is 4.79 Å². The van der Waals surface area contributed by atoms with Gasteiger partial charge >= 0.3 is 0 Å². The summed E-state index contributed by atoms with van der Waals surface area (Å²) in [7, 11) is 1.95. The van der Waals surface area contributed by atoms with E-state index in [4.69, 9.17) is 4.42 Å². The Morgan fingerprint density at radius 2 is 2.33 bits per heavy atom. The van der Waals surface area contributed by atoms with Gasteiger partial charge in [-0.1, -0.05) is 18.2 Å². The highest BCUT2D eigenvalue weighted by Gasteiger charge is 2.24. The van der Waals surface area contributed by atoms with Gasteiger partial charge in [-0.2, -0.15) is 0 Å². The van der Waals surface area contributed by atoms with Gasteiger partial charge in [-0.25, -0.2) is 0 Å². The molecule has 0 aliphatic carbocycles. The van der Waals surface area contributed by atoms with E-state index in [0.29, 0.717) is 5.92 Å². The third kappa shape index (κ3) is 3.16. The quantitative estimate of drug-likeness (QED) is 0.878. The average Bonchev–Trinajstić information content (AvgIpc) is 3.11. The highest BCUT2D eigenvalue weighted by atomic mass is 16.3. The Kier molecular flexibility index (Phi) is 4.06. The van der Waals surface area contributed by atoms with Gasteiger partial charge in [-0.05, 0) is 44.1 Å². The molecule has 1 aromatic carbocycles. The molecule has 1 aliphatic heterocycles. The van der Waals surface area contributed by atoms with Gasteiger partial charge in [0.25, 0.3) is 0 Å². The molecule has 1 atom stereocenters. The molecule has 2 heterocycles. The number of fused-ring (bicyclic) bond motifs is 1. The first-order chi connectivity index (χ1) is 10.3. The van der Waals surface area contributed by atoms with E-state index in [0.717, 1.165) is 42.8 Å². The molecular weight excluding hydrogens is 264 g/mol. The summed E-state index contributed by atoms with van der Waals surface area (Å²) in [6, 6.07) is 9.80. The van der Waals surface area contributed by atoms with Crippen LogP contribution in [0.15, 0.2) is 40.8 Å². The van der Waals surface area contributed by atoms with E-state index in [-0.39, 0.29) is 5.91 Å². The summed E-state index contributed by atoms with van der Waals surface area (Å²) in [5.74, 6) is 1.35. The van der Waals surface area contributed by atoms with Crippen molar-refractivity contribution < 1.29 is 9.21 Å². The molecule has 4 heteroatoms. The fraction of sp³-hybridized carbons (Fsp3) is 0.353. The van der Waals surface area contributed by atoms with E-state index in [1.165, 1.54) is 0 Å². The van der Waals surface area contributed by atoms with Gasteiger partial charge in [0.1, 0.15) is 11.3 Å². The summed E-state index contributed by atoms with van der Waals surface area (Å²) in [5, 5.41) is 4.23. The molecule has 0 radical (unpaired) electrons. The standard InChI is InChI=1S/C17H20N2O2/c1-18-11-13-8-9-19(12-13)17(20)7-6-15-10-14-4-2-3-5-16(14)21-15/h2-7,10,13,18H,8-9,11-12H2,1H3. The number of benzene rings is 1. The highest BCUT2D eigenvalue weighted by Crippen LogP contribution is 2.20. The molecule has 0 saturated carbocycles. The van der Waals surface area contributed by atoms with Gasteiger partial charge < -0.3 is 14.6 Å². The fourth-order valence-corrected chi connectivity index (χ4v) is 2.83. The molecule has 4 nitrogen and oxygen atoms in total. The number of carbonyl (C=O) groups excluding carboxylic acids is 1. The van der Waals surface area contributed by atoms with Gasteiger partial charge in [-0.15, -0.1) is 0 Å². The van der Waals surface area contributed by atoms with Crippen molar-refractivity contribution in [3.05, 3.63) is 42.2 Å². The van der Waals surface area contributed by atoms with Crippen LogP contribution in [0.3, 0.4) is 0 Å². The molecule has 0 spiro atoms. The van der Waals surface area contributed by atoms with Crippen LogP contribution in [-0.2, 0) is 4.79 Å². The number of nitrogens with one attached hydrogen (secondary N) is 1. The second-order valence-electron chi connectivity index (χ2n) is 5.52. The number of likely N-dealkylation sites (tertiary alicyclic amines) is 1. The third-order valence-electron chi connectivity index (χ3n) is 3.93. The Morgan fingerprint density at radius 3 is 3.14 bits per heavy atom. The Hall–Kier alpha value is -2.07. The molecule has 1 aliphatic rings. The van der Waals surface area contributed by atoms with Crippen LogP contribution in [0.5, 0.6) is 0 Å². The molecule has 1 amide bonds. The second-order valence-corrected chi connectivity index (χ2v) is 5.52. The molecule has 1 unspecified atom stereocenters. The smallest absolute Gasteiger partial charge is 0.246 e. The average molecular weight is 284 g/mol. The number of amides is 1. The maximum atomic E-state index is 12.2. The second kappa shape index (κ2) is 6.14. The fourth-order valence-electron chi connectivity index (χ4n) is 2.83. The summed E-state index contributed by atoms with van der Waals surface area (Å²) in [4.78, 5) is 14.1. The minimum absolute atomic E-state index is 0.0639. The first-order valence-corrected chi connectivity index (χ1v) is 7.36. The van der Waals surface area contributed by atoms with Crippen molar-refractivity contribution in [3.8, 4) is 0 Å². The molecule has 0 bridgehead atoms. The van der Waals surface area contributed by atoms with Gasteiger partial charge in [0, 0.05) is 24.6 Å². The lowest BCUT2D eigenvalue weighted by molar-refractivity contribution is -0.125. The summed E-state index contributed by atoms with van der Waals surface area (Å²) in [6.07, 6.45) is 4.44. The lowest BCUT2D eigenvalue weighted by Crippen LogP contribution is -2.28. The Labute approximate surface area is 124 Å². The third-order valence-corrected chi connectivity index (χ3v) is 3.93. The molecule has 1 N–H and O–H groups in total. The number of hydrogen-bond donors (Lipinski definition) is 1. The van der Waals surface area contributed by atoms with Crippen molar-refractivity contribution in [3.63, 3.8) is 0 Å². The predicted octanol–water partition coefficient (Wildman–Crippen LogP) is 2.51. The normalized spacial score (nSPS) is 18.9. The van der Waals surface area contributed by atoms with Crippen LogP contribution < -0.4 is 5.32 Å². The van der Waals surface area contributed by atoms with Gasteiger partial charge in [-0.3, -0.25) is 4.79 Å². The molecule has 1 saturated heterocycles. The van der Waals surface area contributed by atoms with Crippen molar-refractivity contribution in [2.45, 2.75) is 6.42 Å². The van der Waals surface area contributed by atoms with Crippen LogP contribution >= 0.6 is 0 Å². The van der Waals surface area contributed by atoms with Gasteiger partial charge in [0.2, 0.25) is 5.91 Å². The largest absolute Gasteiger partial charge is 0.457 e. The Morgan fingerprint density at radius 1 is 1.48 bits per heavy atom. The zero-order valence-electron chi connectivity index (χ0n) is 12.2. The molecule has 3 rings (SSSR count). The lowest BCUT2D eigenvalue weighted by atomic mass is 10.1. The van der Waals surface area contributed by atoms with E-state index in [2.05, 4.69) is 5.32 Å². The maximum Gasteiger partial charge on any atom is 0.246 e. The van der Waals surface area contributed by atoms with Crippen molar-refractivity contribution >= 4 is 23.0 Å². The Bertz CT molecular complexity index is 627. The first kappa shape index (κ1) is 13.9. The van der Waals surface area contributed by atoms with Gasteiger partial charge in [0.15, 0.2) is 0 Å². The topological polar surface area (TPSA) is 45.5 Å². The predicted molar refractivity (Wildman–Crippen MR) is 83.9 cm³/mol. The van der Waals surface area contributed by atoms with E-state index in [1.807, 2.05) is 42.3 Å². The number of para-hydroxylation sites is 1. The monoisotopic (exact) mass is 284 g/mol. The molecular formula is C17H20N2O2. The summed E-state index contributed by atoms with van der Waals surface area (Å²) in [6.45, 7) is 2.65. The first-order valence-electron chi connectivity index (χ1n) is 7.36. The lowest BCUT2D eigenvalue weighted by Gasteiger charge is -2.13. The van der Waals surface area contributed by atoms with Crippen molar-refractivity contribution in [2.75, 3.05) is 26.7 Å². The van der Waals surface area contributed by atoms with Crippen molar-refractivity contribution in [1.82, 2.24) is 10.2 Å². The van der Waals surface area contributed by atoms with Crippen LogP contribution in [0.25, 0.3) is 17.0 Å². The minimum Gasteiger partial charge on any atom is -0.457 e. The number of furan rings is 1. The van der Waals surface area contributed by atoms with Crippen LogP contribution in [0.2, 0.25) is 0 Å². The van der Waals surface area contributed by atoms with Crippen molar-refractivity contribution in [2.24, 2.45) is 5.92 Å². The zero-order valence-corrected chi connectivity index (χ0v) is 12.2. The summed E-state index contributed by atoms with van der Waals surface area (Å²) >= 11 is 0. The summed E-state index contributed by atoms with van der Waals surface area (Å²) in [5.41, 5.74) is 0.847. The molecule has 110 valence electrons. The van der Waals surface area contributed by atoms with Gasteiger partial charge in [0.05, 0.1) is 0 Å². The number of hydrogen-bond acceptors (Lipinski definition) is 3. The number of carbonyl (C=O) groups is 1. The van der Waals surface area contributed by atoms with E-state index in [1.54, 1.807) is 12.2 Å². The molecule has 2 aromatic rings. The van der Waals surface area contributed by atoms with E-state index < -0.39 is 0 Å². The minimum atomic E-state index is 0.0639.